The van der Waals surface area contributed by atoms with Crippen LogP contribution in [0.15, 0.2) is 60.7 Å². The van der Waals surface area contributed by atoms with Crippen LogP contribution in [0.5, 0.6) is 0 Å². The molecule has 30 heavy (non-hydrogen) atoms. The largest absolute Gasteiger partial charge is 0.472 e. The highest BCUT2D eigenvalue weighted by Crippen LogP contribution is 2.45. The van der Waals surface area contributed by atoms with Gasteiger partial charge in [-0.3, -0.25) is 9.05 Å². The van der Waals surface area contributed by atoms with E-state index in [9.17, 15) is 24.8 Å². The van der Waals surface area contributed by atoms with Gasteiger partial charge in [0.1, 0.15) is 0 Å². The second-order valence-corrected chi connectivity index (χ2v) is 8.91. The monoisotopic (exact) mass is 437 g/mol. The lowest BCUT2D eigenvalue weighted by atomic mass is 9.80. The highest BCUT2D eigenvalue weighted by atomic mass is 31.2. The fourth-order valence-electron chi connectivity index (χ4n) is 3.53. The quantitative estimate of drug-likeness (QED) is 0.374. The summed E-state index contributed by atoms with van der Waals surface area (Å²) in [6.07, 6.45) is -3.34. The molecule has 6 unspecified atom stereocenters. The van der Waals surface area contributed by atoms with Crippen LogP contribution in [0.1, 0.15) is 17.5 Å². The van der Waals surface area contributed by atoms with Crippen molar-refractivity contribution in [3.05, 3.63) is 71.8 Å². The lowest BCUT2D eigenvalue weighted by Gasteiger charge is -2.41. The van der Waals surface area contributed by atoms with Gasteiger partial charge in [0.15, 0.2) is 0 Å². The van der Waals surface area contributed by atoms with Crippen LogP contribution >= 0.6 is 7.82 Å². The van der Waals surface area contributed by atoms with Crippen molar-refractivity contribution >= 4 is 7.82 Å². The van der Waals surface area contributed by atoms with E-state index < -0.39 is 38.1 Å². The molecule has 1 aliphatic rings. The Morgan fingerprint density at radius 3 is 2.13 bits per heavy atom. The van der Waals surface area contributed by atoms with Gasteiger partial charge in [-0.1, -0.05) is 60.7 Å². The Labute approximate surface area is 175 Å². The molecule has 1 fully saturated rings. The van der Waals surface area contributed by atoms with Crippen molar-refractivity contribution in [3.63, 3.8) is 0 Å². The average Bonchev–Trinajstić information content (AvgIpc) is 2.75. The molecule has 0 aromatic heterocycles. The summed E-state index contributed by atoms with van der Waals surface area (Å²) in [5.74, 6) is -0.717. The van der Waals surface area contributed by atoms with Crippen molar-refractivity contribution in [1.82, 2.24) is 5.32 Å². The molecule has 0 heterocycles. The molecule has 1 saturated carbocycles. The van der Waals surface area contributed by atoms with E-state index in [4.69, 9.17) is 9.05 Å². The maximum Gasteiger partial charge on any atom is 0.472 e. The Morgan fingerprint density at radius 2 is 1.50 bits per heavy atom. The van der Waals surface area contributed by atoms with E-state index in [2.05, 4.69) is 5.32 Å². The van der Waals surface area contributed by atoms with Crippen molar-refractivity contribution in [3.8, 4) is 0 Å². The topological polar surface area (TPSA) is 128 Å². The van der Waals surface area contributed by atoms with Crippen molar-refractivity contribution in [2.45, 2.75) is 43.9 Å². The van der Waals surface area contributed by atoms with Crippen LogP contribution in [0.25, 0.3) is 0 Å². The highest BCUT2D eigenvalue weighted by Gasteiger charge is 2.43. The van der Waals surface area contributed by atoms with Gasteiger partial charge >= 0.3 is 7.82 Å². The van der Waals surface area contributed by atoms with Crippen molar-refractivity contribution in [2.24, 2.45) is 5.92 Å². The van der Waals surface area contributed by atoms with E-state index in [1.54, 1.807) is 24.3 Å². The molecule has 2 aromatic rings. The average molecular weight is 437 g/mol. The maximum atomic E-state index is 12.1. The van der Waals surface area contributed by atoms with Gasteiger partial charge in [0.05, 0.1) is 37.6 Å². The third-order valence-corrected chi connectivity index (χ3v) is 6.16. The summed E-state index contributed by atoms with van der Waals surface area (Å²) in [6.45, 7) is -0.00545. The fraction of sp³-hybridized carbons (Fsp3) is 0.429. The first-order valence-electron chi connectivity index (χ1n) is 9.83. The molecule has 6 atom stereocenters. The number of aliphatic hydroxyl groups is 3. The zero-order valence-corrected chi connectivity index (χ0v) is 17.3. The van der Waals surface area contributed by atoms with E-state index >= 15 is 0 Å². The minimum Gasteiger partial charge on any atom is -0.391 e. The van der Waals surface area contributed by atoms with Crippen LogP contribution < -0.4 is 5.32 Å². The molecule has 0 radical (unpaired) electrons. The van der Waals surface area contributed by atoms with Crippen LogP contribution in [0.2, 0.25) is 0 Å². The van der Waals surface area contributed by atoms with Gasteiger partial charge in [-0.25, -0.2) is 4.57 Å². The van der Waals surface area contributed by atoms with Crippen molar-refractivity contribution < 1.29 is 33.8 Å². The molecule has 0 bridgehead atoms. The summed E-state index contributed by atoms with van der Waals surface area (Å²) in [5.41, 5.74) is 1.69. The van der Waals surface area contributed by atoms with E-state index in [1.165, 1.54) is 0 Å². The molecule has 0 amide bonds. The summed E-state index contributed by atoms with van der Waals surface area (Å²) in [4.78, 5) is 9.88. The van der Waals surface area contributed by atoms with Gasteiger partial charge in [0.25, 0.3) is 0 Å². The summed E-state index contributed by atoms with van der Waals surface area (Å²) < 4.78 is 22.1. The number of benzene rings is 2. The first-order chi connectivity index (χ1) is 14.4. The number of hydrogen-bond donors (Lipinski definition) is 5. The van der Waals surface area contributed by atoms with Crippen LogP contribution in [-0.2, 0) is 26.8 Å². The Bertz CT molecular complexity index is 823. The van der Waals surface area contributed by atoms with E-state index in [1.807, 2.05) is 36.4 Å². The van der Waals surface area contributed by atoms with Gasteiger partial charge in [0.2, 0.25) is 0 Å². The zero-order valence-electron chi connectivity index (χ0n) is 16.4. The Balaban J connectivity index is 1.49. The lowest BCUT2D eigenvalue weighted by Crippen LogP contribution is -2.60. The molecular formula is C21H28NO7P. The van der Waals surface area contributed by atoms with E-state index in [0.717, 1.165) is 5.56 Å². The molecule has 2 aromatic carbocycles. The molecular weight excluding hydrogens is 409 g/mol. The molecule has 164 valence electrons. The number of nitrogens with one attached hydrogen (secondary N) is 1. The number of aliphatic hydroxyl groups excluding tert-OH is 3. The second-order valence-electron chi connectivity index (χ2n) is 7.46. The summed E-state index contributed by atoms with van der Waals surface area (Å²) in [5, 5.41) is 34.4. The van der Waals surface area contributed by atoms with Crippen LogP contribution in [0.3, 0.4) is 0 Å². The van der Waals surface area contributed by atoms with Crippen molar-refractivity contribution in [2.75, 3.05) is 6.61 Å². The zero-order chi connectivity index (χ0) is 21.6. The summed E-state index contributed by atoms with van der Waals surface area (Å²) in [7, 11) is -4.35. The summed E-state index contributed by atoms with van der Waals surface area (Å²) >= 11 is 0. The molecule has 0 spiro atoms. The predicted molar refractivity (Wildman–Crippen MR) is 110 cm³/mol. The molecule has 8 nitrogen and oxygen atoms in total. The van der Waals surface area contributed by atoms with Gasteiger partial charge in [-0.2, -0.15) is 0 Å². The lowest BCUT2D eigenvalue weighted by molar-refractivity contribution is -0.115. The SMILES string of the molecule is O=P(O)(OCc1ccccc1)OCC1CC(O)C(NCc2ccccc2)C(O)C1O. The highest BCUT2D eigenvalue weighted by molar-refractivity contribution is 7.47. The summed E-state index contributed by atoms with van der Waals surface area (Å²) in [6, 6.07) is 17.7. The minimum atomic E-state index is -4.35. The first-order valence-corrected chi connectivity index (χ1v) is 11.3. The Kier molecular flexibility index (Phi) is 8.16. The smallest absolute Gasteiger partial charge is 0.391 e. The molecule has 5 N–H and O–H groups in total. The second kappa shape index (κ2) is 10.6. The predicted octanol–water partition coefficient (Wildman–Crippen LogP) is 1.58. The van der Waals surface area contributed by atoms with Crippen LogP contribution in [0, 0.1) is 5.92 Å². The fourth-order valence-corrected chi connectivity index (χ4v) is 4.29. The molecule has 9 heteroatoms. The van der Waals surface area contributed by atoms with E-state index in [0.29, 0.717) is 12.1 Å². The van der Waals surface area contributed by atoms with E-state index in [-0.39, 0.29) is 19.6 Å². The standard InChI is InChI=1S/C21H28NO7P/c23-18-11-17(14-29-30(26,27)28-13-16-9-5-2-6-10-16)20(24)21(25)19(18)22-12-15-7-3-1-4-8-15/h1-10,17-25H,11-14H2,(H,26,27). The molecule has 1 aliphatic carbocycles. The Hall–Kier alpha value is -1.61. The molecule has 0 saturated heterocycles. The number of rotatable bonds is 9. The number of phosphoric ester groups is 1. The Morgan fingerprint density at radius 1 is 0.900 bits per heavy atom. The maximum absolute atomic E-state index is 12.1. The van der Waals surface area contributed by atoms with Gasteiger partial charge in [-0.15, -0.1) is 0 Å². The van der Waals surface area contributed by atoms with Gasteiger partial charge in [0, 0.05) is 12.5 Å². The van der Waals surface area contributed by atoms with Gasteiger partial charge in [-0.05, 0) is 17.5 Å². The van der Waals surface area contributed by atoms with Crippen LogP contribution in [-0.4, -0.2) is 51.2 Å². The van der Waals surface area contributed by atoms with Crippen LogP contribution in [0.4, 0.5) is 0 Å². The number of hydrogen-bond acceptors (Lipinski definition) is 7. The first kappa shape index (κ1) is 23.1. The third kappa shape index (κ3) is 6.44. The molecule has 0 aliphatic heterocycles. The normalized spacial score (nSPS) is 28.7. The molecule has 3 rings (SSSR count). The minimum absolute atomic E-state index is 0.0986. The van der Waals surface area contributed by atoms with Crippen molar-refractivity contribution in [1.29, 1.82) is 0 Å². The number of phosphoric acid groups is 1. The van der Waals surface area contributed by atoms with Gasteiger partial charge < -0.3 is 25.5 Å². The third-order valence-electron chi connectivity index (χ3n) is 5.23.